The van der Waals surface area contributed by atoms with E-state index < -0.39 is 5.82 Å². The Morgan fingerprint density at radius 3 is 1.81 bits per heavy atom. The molecular weight excluding hydrogens is 528 g/mol. The topological polar surface area (TPSA) is 49.8 Å². The van der Waals surface area contributed by atoms with E-state index in [0.29, 0.717) is 27.9 Å². The molecule has 6 radical (unpaired) electrons. The van der Waals surface area contributed by atoms with Crippen LogP contribution in [0.2, 0.25) is 0 Å². The minimum absolute atomic E-state index is 0.0232. The maximum atomic E-state index is 14.3. The SMILES string of the molecule is [B]c1nc(-c2cccc3c2oc2c(-c4ccc(-c5ccc(-c6ccccc6)cc5)cc4)c(C#N)ccc23)c([B])c([B])c1F. The Hall–Kier alpha value is -5.34. The average molecular weight is 546 g/mol. The number of benzene rings is 5. The van der Waals surface area contributed by atoms with Gasteiger partial charge in [-0.3, -0.25) is 4.98 Å². The second-order valence-corrected chi connectivity index (χ2v) is 10.3. The molecule has 194 valence electrons. The quantitative estimate of drug-likeness (QED) is 0.253. The molecule has 0 fully saturated rings. The predicted octanol–water partition coefficient (Wildman–Crippen LogP) is 6.04. The Kier molecular flexibility index (Phi) is 6.48. The molecular formula is C36H18B3FN2O. The second kappa shape index (κ2) is 10.5. The minimum atomic E-state index is -0.852. The van der Waals surface area contributed by atoms with Gasteiger partial charge in [-0.05, 0) is 46.0 Å². The van der Waals surface area contributed by atoms with Crippen LogP contribution in [0.5, 0.6) is 0 Å². The molecule has 0 aliphatic heterocycles. The molecule has 0 saturated carbocycles. The summed E-state index contributed by atoms with van der Waals surface area (Å²) in [5.41, 5.74) is 7.56. The van der Waals surface area contributed by atoms with Crippen LogP contribution in [0.1, 0.15) is 5.56 Å². The van der Waals surface area contributed by atoms with E-state index in [9.17, 15) is 9.65 Å². The molecule has 0 saturated heterocycles. The van der Waals surface area contributed by atoms with Gasteiger partial charge in [0.1, 0.15) is 40.5 Å². The van der Waals surface area contributed by atoms with Crippen molar-refractivity contribution in [2.75, 3.05) is 0 Å². The standard InChI is InChI=1S/C36H18B3FN2O/c37-30-31(38)33(42-36(39)32(30)40)28-8-4-7-26-27-18-17-25(19-41)29(35(27)43-34(26)28)24-15-13-23(14-16-24)22-11-9-21(10-12-22)20-5-2-1-3-6-20/h1-18H. The van der Waals surface area contributed by atoms with Gasteiger partial charge in [0, 0.05) is 27.5 Å². The van der Waals surface area contributed by atoms with Gasteiger partial charge in [0.05, 0.1) is 17.3 Å². The molecule has 0 bridgehead atoms. The Labute approximate surface area is 251 Å². The van der Waals surface area contributed by atoms with Gasteiger partial charge in [0.25, 0.3) is 0 Å². The zero-order valence-corrected chi connectivity index (χ0v) is 22.8. The van der Waals surface area contributed by atoms with Gasteiger partial charge >= 0.3 is 0 Å². The van der Waals surface area contributed by atoms with Crippen molar-refractivity contribution in [3.63, 3.8) is 0 Å². The van der Waals surface area contributed by atoms with Crippen LogP contribution < -0.4 is 16.5 Å². The van der Waals surface area contributed by atoms with E-state index in [0.717, 1.165) is 33.0 Å². The van der Waals surface area contributed by atoms with Crippen molar-refractivity contribution in [3.05, 3.63) is 121 Å². The third-order valence-electron chi connectivity index (χ3n) is 7.78. The van der Waals surface area contributed by atoms with Crippen molar-refractivity contribution in [1.82, 2.24) is 4.98 Å². The third kappa shape index (κ3) is 4.44. The highest BCUT2D eigenvalue weighted by molar-refractivity contribution is 6.52. The first-order valence-corrected chi connectivity index (χ1v) is 13.6. The molecule has 3 nitrogen and oxygen atoms in total. The van der Waals surface area contributed by atoms with E-state index in [-0.39, 0.29) is 22.2 Å². The highest BCUT2D eigenvalue weighted by Gasteiger charge is 2.21. The van der Waals surface area contributed by atoms with Crippen molar-refractivity contribution in [1.29, 1.82) is 5.26 Å². The second-order valence-electron chi connectivity index (χ2n) is 10.3. The van der Waals surface area contributed by atoms with E-state index in [1.54, 1.807) is 12.1 Å². The molecule has 0 N–H and O–H groups in total. The lowest BCUT2D eigenvalue weighted by atomic mass is 9.76. The number of nitrogens with zero attached hydrogens (tertiary/aromatic N) is 2. The van der Waals surface area contributed by atoms with E-state index in [2.05, 4.69) is 47.5 Å². The van der Waals surface area contributed by atoms with Crippen molar-refractivity contribution in [2.24, 2.45) is 0 Å². The first kappa shape index (κ1) is 26.6. The van der Waals surface area contributed by atoms with Crippen molar-refractivity contribution < 1.29 is 8.81 Å². The summed E-state index contributed by atoms with van der Waals surface area (Å²) in [7, 11) is 17.8. The molecule has 7 heteroatoms. The Balaban J connectivity index is 1.34. The summed E-state index contributed by atoms with van der Waals surface area (Å²) >= 11 is 0. The lowest BCUT2D eigenvalue weighted by molar-refractivity contribution is 0.641. The molecule has 7 rings (SSSR count). The molecule has 7 aromatic rings. The first-order chi connectivity index (χ1) is 20.9. The average Bonchev–Trinajstić information content (AvgIpc) is 3.44. The van der Waals surface area contributed by atoms with Crippen LogP contribution in [0.25, 0.3) is 66.6 Å². The minimum Gasteiger partial charge on any atom is -0.455 e. The molecule has 0 spiro atoms. The van der Waals surface area contributed by atoms with Crippen LogP contribution in [0, 0.1) is 17.1 Å². The molecule has 0 amide bonds. The number of para-hydroxylation sites is 1. The summed E-state index contributed by atoms with van der Waals surface area (Å²) < 4.78 is 20.8. The van der Waals surface area contributed by atoms with Crippen LogP contribution in [-0.4, -0.2) is 28.5 Å². The van der Waals surface area contributed by atoms with E-state index >= 15 is 0 Å². The highest BCUT2D eigenvalue weighted by Crippen LogP contribution is 2.41. The number of halogens is 1. The molecule has 2 aromatic heterocycles. The maximum Gasteiger partial charge on any atom is 0.145 e. The number of hydrogen-bond acceptors (Lipinski definition) is 3. The maximum absolute atomic E-state index is 14.3. The zero-order chi connectivity index (χ0) is 29.7. The molecule has 0 atom stereocenters. The number of pyridine rings is 1. The van der Waals surface area contributed by atoms with Crippen LogP contribution >= 0.6 is 0 Å². The molecule has 5 aromatic carbocycles. The highest BCUT2D eigenvalue weighted by atomic mass is 19.1. The summed E-state index contributed by atoms with van der Waals surface area (Å²) in [6.45, 7) is 0. The summed E-state index contributed by atoms with van der Waals surface area (Å²) in [4.78, 5) is 4.18. The Morgan fingerprint density at radius 1 is 0.605 bits per heavy atom. The molecule has 43 heavy (non-hydrogen) atoms. The number of aromatic nitrogens is 1. The zero-order valence-electron chi connectivity index (χ0n) is 22.8. The van der Waals surface area contributed by atoms with Gasteiger partial charge in [-0.1, -0.05) is 102 Å². The number of hydrogen-bond donors (Lipinski definition) is 0. The van der Waals surface area contributed by atoms with E-state index in [4.69, 9.17) is 28.0 Å². The van der Waals surface area contributed by atoms with Gasteiger partial charge in [-0.15, -0.1) is 0 Å². The van der Waals surface area contributed by atoms with Crippen molar-refractivity contribution in [3.8, 4) is 50.7 Å². The Morgan fingerprint density at radius 2 is 1.19 bits per heavy atom. The lowest BCUT2D eigenvalue weighted by Crippen LogP contribution is -2.38. The summed E-state index contributed by atoms with van der Waals surface area (Å²) in [5.74, 6) is -0.852. The summed E-state index contributed by atoms with van der Waals surface area (Å²) in [6.07, 6.45) is 0. The summed E-state index contributed by atoms with van der Waals surface area (Å²) in [6, 6.07) is 38.2. The van der Waals surface area contributed by atoms with Crippen molar-refractivity contribution in [2.45, 2.75) is 0 Å². The Bertz CT molecular complexity index is 2220. The first-order valence-electron chi connectivity index (χ1n) is 13.6. The van der Waals surface area contributed by atoms with Gasteiger partial charge in [-0.2, -0.15) is 5.26 Å². The smallest absolute Gasteiger partial charge is 0.145 e. The summed E-state index contributed by atoms with van der Waals surface area (Å²) in [5, 5.41) is 11.6. The molecule has 2 heterocycles. The van der Waals surface area contributed by atoms with Crippen LogP contribution in [0.4, 0.5) is 4.39 Å². The van der Waals surface area contributed by atoms with E-state index in [1.165, 1.54) is 5.56 Å². The van der Waals surface area contributed by atoms with Crippen LogP contribution in [-0.2, 0) is 0 Å². The molecule has 0 aliphatic rings. The van der Waals surface area contributed by atoms with Crippen LogP contribution in [0.15, 0.2) is 114 Å². The van der Waals surface area contributed by atoms with Crippen LogP contribution in [0.3, 0.4) is 0 Å². The molecule has 0 aliphatic carbocycles. The fraction of sp³-hybridized carbons (Fsp3) is 0. The van der Waals surface area contributed by atoms with E-state index in [1.807, 2.05) is 60.7 Å². The lowest BCUT2D eigenvalue weighted by Gasteiger charge is -2.12. The fourth-order valence-electron chi connectivity index (χ4n) is 5.56. The van der Waals surface area contributed by atoms with Gasteiger partial charge in [0.15, 0.2) is 0 Å². The number of fused-ring (bicyclic) bond motifs is 3. The monoisotopic (exact) mass is 546 g/mol. The van der Waals surface area contributed by atoms with Gasteiger partial charge < -0.3 is 4.42 Å². The number of furan rings is 1. The number of rotatable bonds is 4. The van der Waals surface area contributed by atoms with Gasteiger partial charge in [0.2, 0.25) is 0 Å². The molecule has 0 unspecified atom stereocenters. The van der Waals surface area contributed by atoms with Crippen molar-refractivity contribution >= 4 is 62.0 Å². The third-order valence-corrected chi connectivity index (χ3v) is 7.78. The fourth-order valence-corrected chi connectivity index (χ4v) is 5.56. The predicted molar refractivity (Wildman–Crippen MR) is 174 cm³/mol. The number of nitriles is 1. The largest absolute Gasteiger partial charge is 0.455 e. The normalized spacial score (nSPS) is 11.2. The van der Waals surface area contributed by atoms with Gasteiger partial charge in [-0.25, -0.2) is 4.39 Å².